The summed E-state index contributed by atoms with van der Waals surface area (Å²) in [6.07, 6.45) is 1.82. The third-order valence-electron chi connectivity index (χ3n) is 2.80. The molecule has 1 aromatic heterocycles. The molecule has 6 nitrogen and oxygen atoms in total. The molecule has 0 spiro atoms. The first kappa shape index (κ1) is 13.4. The lowest BCUT2D eigenvalue weighted by Gasteiger charge is -2.33. The van der Waals surface area contributed by atoms with E-state index in [0.29, 0.717) is 13.2 Å². The van der Waals surface area contributed by atoms with Gasteiger partial charge in [-0.2, -0.15) is 0 Å². The van der Waals surface area contributed by atoms with Crippen molar-refractivity contribution >= 4 is 23.4 Å². The summed E-state index contributed by atoms with van der Waals surface area (Å²) in [7, 11) is 1.84. The predicted molar refractivity (Wildman–Crippen MR) is 72.4 cm³/mol. The Labute approximate surface area is 111 Å². The van der Waals surface area contributed by atoms with Crippen LogP contribution in [0.4, 0.5) is 11.6 Å². The van der Waals surface area contributed by atoms with Crippen LogP contribution in [-0.4, -0.2) is 60.8 Å². The molecule has 18 heavy (non-hydrogen) atoms. The summed E-state index contributed by atoms with van der Waals surface area (Å²) in [5, 5.41) is 12.9. The van der Waals surface area contributed by atoms with Crippen molar-refractivity contribution in [3.63, 3.8) is 0 Å². The molecule has 1 fully saturated rings. The zero-order valence-corrected chi connectivity index (χ0v) is 11.4. The van der Waals surface area contributed by atoms with Gasteiger partial charge in [0.1, 0.15) is 11.6 Å². The zero-order chi connectivity index (χ0) is 13.0. The quantitative estimate of drug-likeness (QED) is 0.607. The van der Waals surface area contributed by atoms with Crippen LogP contribution in [0.15, 0.2) is 11.2 Å². The molecule has 0 bridgehead atoms. The molecule has 100 valence electrons. The Morgan fingerprint density at radius 2 is 2.44 bits per heavy atom. The van der Waals surface area contributed by atoms with Crippen LogP contribution in [0.1, 0.15) is 0 Å². The SMILES string of the molecule is CNc1cc(N2CCOC(CO)C2)nc(SC)n1. The van der Waals surface area contributed by atoms with Gasteiger partial charge in [-0.15, -0.1) is 0 Å². The molecule has 1 unspecified atom stereocenters. The monoisotopic (exact) mass is 270 g/mol. The van der Waals surface area contributed by atoms with E-state index in [1.807, 2.05) is 19.4 Å². The first-order valence-electron chi connectivity index (χ1n) is 5.85. The van der Waals surface area contributed by atoms with Gasteiger partial charge in [0.2, 0.25) is 0 Å². The molecule has 1 atom stereocenters. The number of thioether (sulfide) groups is 1. The summed E-state index contributed by atoms with van der Waals surface area (Å²) in [6, 6.07) is 1.92. The number of hydrogen-bond donors (Lipinski definition) is 2. The third kappa shape index (κ3) is 3.04. The van der Waals surface area contributed by atoms with Crippen molar-refractivity contribution in [2.45, 2.75) is 11.3 Å². The molecule has 2 heterocycles. The van der Waals surface area contributed by atoms with Gasteiger partial charge in [0.15, 0.2) is 5.16 Å². The van der Waals surface area contributed by atoms with Crippen molar-refractivity contribution in [1.29, 1.82) is 0 Å². The van der Waals surface area contributed by atoms with Gasteiger partial charge in [0.25, 0.3) is 0 Å². The van der Waals surface area contributed by atoms with Crippen LogP contribution < -0.4 is 10.2 Å². The molecule has 0 radical (unpaired) electrons. The van der Waals surface area contributed by atoms with Crippen LogP contribution in [0.5, 0.6) is 0 Å². The van der Waals surface area contributed by atoms with Crippen molar-refractivity contribution < 1.29 is 9.84 Å². The van der Waals surface area contributed by atoms with E-state index in [0.717, 1.165) is 23.3 Å². The second-order valence-corrected chi connectivity index (χ2v) is 4.74. The van der Waals surface area contributed by atoms with Crippen LogP contribution >= 0.6 is 11.8 Å². The highest BCUT2D eigenvalue weighted by Gasteiger charge is 2.21. The van der Waals surface area contributed by atoms with E-state index in [4.69, 9.17) is 9.84 Å². The summed E-state index contributed by atoms with van der Waals surface area (Å²) in [6.45, 7) is 2.09. The van der Waals surface area contributed by atoms with E-state index < -0.39 is 0 Å². The lowest BCUT2D eigenvalue weighted by molar-refractivity contribution is 0.00333. The minimum absolute atomic E-state index is 0.0376. The van der Waals surface area contributed by atoms with Crippen LogP contribution in [0.2, 0.25) is 0 Å². The number of hydrogen-bond acceptors (Lipinski definition) is 7. The fraction of sp³-hybridized carbons (Fsp3) is 0.636. The van der Waals surface area contributed by atoms with Crippen molar-refractivity contribution in [3.8, 4) is 0 Å². The van der Waals surface area contributed by atoms with Crippen LogP contribution in [0.3, 0.4) is 0 Å². The number of morpholine rings is 1. The van der Waals surface area contributed by atoms with E-state index in [-0.39, 0.29) is 12.7 Å². The number of aromatic nitrogens is 2. The molecule has 1 aliphatic rings. The van der Waals surface area contributed by atoms with E-state index >= 15 is 0 Å². The van der Waals surface area contributed by atoms with Gasteiger partial charge in [0.05, 0.1) is 19.3 Å². The number of nitrogens with zero attached hydrogens (tertiary/aromatic N) is 3. The molecule has 0 aliphatic carbocycles. The summed E-state index contributed by atoms with van der Waals surface area (Å²) in [4.78, 5) is 10.9. The number of aliphatic hydroxyl groups excluding tert-OH is 1. The fourth-order valence-electron chi connectivity index (χ4n) is 1.83. The topological polar surface area (TPSA) is 70.5 Å². The van der Waals surface area contributed by atoms with E-state index in [1.165, 1.54) is 11.8 Å². The van der Waals surface area contributed by atoms with E-state index in [9.17, 15) is 0 Å². The Morgan fingerprint density at radius 3 is 3.11 bits per heavy atom. The summed E-state index contributed by atoms with van der Waals surface area (Å²) < 4.78 is 5.44. The molecule has 1 saturated heterocycles. The number of nitrogens with one attached hydrogen (secondary N) is 1. The molecule has 0 aromatic carbocycles. The molecule has 0 amide bonds. The van der Waals surface area contributed by atoms with Crippen molar-refractivity contribution in [2.75, 3.05) is 49.8 Å². The standard InChI is InChI=1S/C11H18N4O2S/c1-12-9-5-10(14-11(13-9)18-2)15-3-4-17-8(6-15)7-16/h5,8,16H,3-4,6-7H2,1-2H3,(H,12,13,14). The number of ether oxygens (including phenoxy) is 1. The molecular weight excluding hydrogens is 252 g/mol. The first-order chi connectivity index (χ1) is 8.76. The minimum atomic E-state index is -0.135. The maximum absolute atomic E-state index is 9.16. The first-order valence-corrected chi connectivity index (χ1v) is 7.07. The largest absolute Gasteiger partial charge is 0.394 e. The molecule has 7 heteroatoms. The number of rotatable bonds is 4. The number of aliphatic hydroxyl groups is 1. The Balaban J connectivity index is 2.20. The zero-order valence-electron chi connectivity index (χ0n) is 10.6. The minimum Gasteiger partial charge on any atom is -0.394 e. The lowest BCUT2D eigenvalue weighted by Crippen LogP contribution is -2.44. The molecule has 2 rings (SSSR count). The second-order valence-electron chi connectivity index (χ2n) is 3.97. The normalized spacial score (nSPS) is 19.9. The molecule has 1 aromatic rings. The van der Waals surface area contributed by atoms with Gasteiger partial charge in [0, 0.05) is 26.2 Å². The Kier molecular flexibility index (Phi) is 4.62. The predicted octanol–water partition coefficient (Wildman–Crippen LogP) is 0.438. The molecule has 2 N–H and O–H groups in total. The maximum atomic E-state index is 9.16. The van der Waals surface area contributed by atoms with Gasteiger partial charge in [-0.05, 0) is 6.26 Å². The average molecular weight is 270 g/mol. The highest BCUT2D eigenvalue weighted by Crippen LogP contribution is 2.21. The second kappa shape index (κ2) is 6.21. The van der Waals surface area contributed by atoms with Crippen LogP contribution in [0.25, 0.3) is 0 Å². The van der Waals surface area contributed by atoms with Crippen molar-refractivity contribution in [1.82, 2.24) is 9.97 Å². The van der Waals surface area contributed by atoms with Crippen LogP contribution in [-0.2, 0) is 4.74 Å². The van der Waals surface area contributed by atoms with Gasteiger partial charge >= 0.3 is 0 Å². The van der Waals surface area contributed by atoms with Crippen molar-refractivity contribution in [3.05, 3.63) is 6.07 Å². The van der Waals surface area contributed by atoms with E-state index in [1.54, 1.807) is 0 Å². The highest BCUT2D eigenvalue weighted by molar-refractivity contribution is 7.98. The third-order valence-corrected chi connectivity index (χ3v) is 3.34. The van der Waals surface area contributed by atoms with Crippen LogP contribution in [0, 0.1) is 0 Å². The molecule has 0 saturated carbocycles. The highest BCUT2D eigenvalue weighted by atomic mass is 32.2. The summed E-state index contributed by atoms with van der Waals surface area (Å²) in [5.41, 5.74) is 0. The van der Waals surface area contributed by atoms with E-state index in [2.05, 4.69) is 20.2 Å². The lowest BCUT2D eigenvalue weighted by atomic mass is 10.3. The smallest absolute Gasteiger partial charge is 0.191 e. The Morgan fingerprint density at radius 1 is 1.61 bits per heavy atom. The fourth-order valence-corrected chi connectivity index (χ4v) is 2.21. The maximum Gasteiger partial charge on any atom is 0.191 e. The Bertz CT molecular complexity index is 382. The molecule has 1 aliphatic heterocycles. The van der Waals surface area contributed by atoms with Gasteiger partial charge in [-0.1, -0.05) is 11.8 Å². The average Bonchev–Trinajstić information content (AvgIpc) is 2.46. The van der Waals surface area contributed by atoms with Gasteiger partial charge < -0.3 is 20.1 Å². The van der Waals surface area contributed by atoms with Gasteiger partial charge in [-0.3, -0.25) is 0 Å². The van der Waals surface area contributed by atoms with Crippen molar-refractivity contribution in [2.24, 2.45) is 0 Å². The summed E-state index contributed by atoms with van der Waals surface area (Å²) >= 11 is 1.51. The molecular formula is C11H18N4O2S. The summed E-state index contributed by atoms with van der Waals surface area (Å²) in [5.74, 6) is 1.68. The van der Waals surface area contributed by atoms with Gasteiger partial charge in [-0.25, -0.2) is 9.97 Å². The Hall–Kier alpha value is -1.05. The number of anilines is 2.